The second kappa shape index (κ2) is 10.5. The van der Waals surface area contributed by atoms with Gasteiger partial charge in [-0.15, -0.1) is 0 Å². The standard InChI is InChI=1S/C24H23ClN2O4/c1-16(2)31-22-11-7-19(8-12-22)24(29)27-26-23(28)18-5-3-17(4-6-18)15-30-21-13-9-20(25)10-14-21/h3-14,16H,15H2,1-2H3,(H,26,28)(H,27,29). The molecule has 0 atom stereocenters. The van der Waals surface area contributed by atoms with Crippen molar-refractivity contribution in [1.82, 2.24) is 10.9 Å². The smallest absolute Gasteiger partial charge is 0.269 e. The number of benzene rings is 3. The van der Waals surface area contributed by atoms with Crippen LogP contribution >= 0.6 is 11.6 Å². The number of hydrogen-bond donors (Lipinski definition) is 2. The van der Waals surface area contributed by atoms with Gasteiger partial charge in [-0.25, -0.2) is 0 Å². The lowest BCUT2D eigenvalue weighted by Crippen LogP contribution is -2.41. The van der Waals surface area contributed by atoms with Gasteiger partial charge in [-0.3, -0.25) is 20.4 Å². The van der Waals surface area contributed by atoms with Gasteiger partial charge in [0.05, 0.1) is 6.10 Å². The lowest BCUT2D eigenvalue weighted by molar-refractivity contribution is 0.0846. The molecule has 31 heavy (non-hydrogen) atoms. The van der Waals surface area contributed by atoms with Gasteiger partial charge in [-0.2, -0.15) is 0 Å². The van der Waals surface area contributed by atoms with Crippen molar-refractivity contribution in [3.05, 3.63) is 94.5 Å². The summed E-state index contributed by atoms with van der Waals surface area (Å²) < 4.78 is 11.2. The SMILES string of the molecule is CC(C)Oc1ccc(C(=O)NNC(=O)c2ccc(COc3ccc(Cl)cc3)cc2)cc1. The average molecular weight is 439 g/mol. The molecule has 0 aromatic heterocycles. The van der Waals surface area contributed by atoms with Gasteiger partial charge in [-0.05, 0) is 80.1 Å². The fourth-order valence-electron chi connectivity index (χ4n) is 2.66. The zero-order valence-electron chi connectivity index (χ0n) is 17.2. The van der Waals surface area contributed by atoms with E-state index in [1.807, 2.05) is 13.8 Å². The Morgan fingerprint density at radius 3 is 1.77 bits per heavy atom. The summed E-state index contributed by atoms with van der Waals surface area (Å²) in [6.07, 6.45) is 0.0503. The predicted octanol–water partition coefficient (Wildman–Crippen LogP) is 4.78. The van der Waals surface area contributed by atoms with Crippen LogP contribution in [0.4, 0.5) is 0 Å². The third kappa shape index (κ3) is 6.76. The van der Waals surface area contributed by atoms with Crippen LogP contribution in [0.25, 0.3) is 0 Å². The third-order valence-electron chi connectivity index (χ3n) is 4.21. The zero-order valence-corrected chi connectivity index (χ0v) is 18.0. The molecule has 0 aliphatic rings. The molecule has 7 heteroatoms. The Bertz CT molecular complexity index is 1020. The van der Waals surface area contributed by atoms with Gasteiger partial charge in [0, 0.05) is 16.1 Å². The molecule has 3 aromatic rings. The topological polar surface area (TPSA) is 76.7 Å². The van der Waals surface area contributed by atoms with Crippen LogP contribution in [0.3, 0.4) is 0 Å². The van der Waals surface area contributed by atoms with E-state index in [2.05, 4.69) is 10.9 Å². The third-order valence-corrected chi connectivity index (χ3v) is 4.47. The van der Waals surface area contributed by atoms with Crippen molar-refractivity contribution < 1.29 is 19.1 Å². The van der Waals surface area contributed by atoms with Crippen molar-refractivity contribution in [1.29, 1.82) is 0 Å². The van der Waals surface area contributed by atoms with E-state index in [0.29, 0.717) is 34.3 Å². The van der Waals surface area contributed by atoms with Gasteiger partial charge in [0.1, 0.15) is 18.1 Å². The molecule has 3 rings (SSSR count). The van der Waals surface area contributed by atoms with Crippen molar-refractivity contribution >= 4 is 23.4 Å². The average Bonchev–Trinajstić information content (AvgIpc) is 2.77. The van der Waals surface area contributed by atoms with Gasteiger partial charge >= 0.3 is 0 Å². The van der Waals surface area contributed by atoms with E-state index in [9.17, 15) is 9.59 Å². The van der Waals surface area contributed by atoms with Crippen LogP contribution in [0.2, 0.25) is 5.02 Å². The molecule has 160 valence electrons. The highest BCUT2D eigenvalue weighted by Gasteiger charge is 2.10. The minimum atomic E-state index is -0.419. The molecule has 0 heterocycles. The van der Waals surface area contributed by atoms with Gasteiger partial charge in [0.15, 0.2) is 0 Å². The molecule has 0 aliphatic carbocycles. The van der Waals surface area contributed by atoms with Gasteiger partial charge in [0.2, 0.25) is 0 Å². The molecule has 0 aliphatic heterocycles. The molecule has 6 nitrogen and oxygen atoms in total. The number of rotatable bonds is 7. The molecule has 0 saturated heterocycles. The first kappa shape index (κ1) is 22.2. The first-order valence-electron chi connectivity index (χ1n) is 9.75. The number of halogens is 1. The van der Waals surface area contributed by atoms with Crippen LogP contribution in [0, 0.1) is 0 Å². The van der Waals surface area contributed by atoms with Crippen LogP contribution in [-0.2, 0) is 6.61 Å². The first-order valence-corrected chi connectivity index (χ1v) is 10.1. The number of amides is 2. The van der Waals surface area contributed by atoms with Crippen molar-refractivity contribution in [3.8, 4) is 11.5 Å². The van der Waals surface area contributed by atoms with Crippen molar-refractivity contribution in [2.24, 2.45) is 0 Å². The molecule has 2 amide bonds. The summed E-state index contributed by atoms with van der Waals surface area (Å²) in [5, 5.41) is 0.645. The predicted molar refractivity (Wildman–Crippen MR) is 119 cm³/mol. The van der Waals surface area contributed by atoms with E-state index >= 15 is 0 Å². The highest BCUT2D eigenvalue weighted by atomic mass is 35.5. The van der Waals surface area contributed by atoms with Crippen LogP contribution in [0.5, 0.6) is 11.5 Å². The molecule has 0 bridgehead atoms. The molecule has 0 unspecified atom stereocenters. The molecular weight excluding hydrogens is 416 g/mol. The Balaban J connectivity index is 1.48. The zero-order chi connectivity index (χ0) is 22.2. The maximum absolute atomic E-state index is 12.3. The highest BCUT2D eigenvalue weighted by molar-refractivity contribution is 6.30. The van der Waals surface area contributed by atoms with Gasteiger partial charge in [0.25, 0.3) is 11.8 Å². The number of carbonyl (C=O) groups is 2. The van der Waals surface area contributed by atoms with E-state index in [0.717, 1.165) is 5.56 Å². The molecule has 2 N–H and O–H groups in total. The summed E-state index contributed by atoms with van der Waals surface area (Å²) in [6.45, 7) is 4.21. The largest absolute Gasteiger partial charge is 0.491 e. The fraction of sp³-hybridized carbons (Fsp3) is 0.167. The van der Waals surface area contributed by atoms with Crippen LogP contribution in [0.1, 0.15) is 40.1 Å². The molecule has 0 fully saturated rings. The summed E-state index contributed by atoms with van der Waals surface area (Å²) >= 11 is 5.85. The Labute approximate surface area is 186 Å². The minimum absolute atomic E-state index is 0.0503. The summed E-state index contributed by atoms with van der Waals surface area (Å²) in [4.78, 5) is 24.5. The second-order valence-corrected chi connectivity index (χ2v) is 7.48. The van der Waals surface area contributed by atoms with Crippen molar-refractivity contribution in [3.63, 3.8) is 0 Å². The minimum Gasteiger partial charge on any atom is -0.491 e. The Kier molecular flexibility index (Phi) is 7.51. The summed E-state index contributed by atoms with van der Waals surface area (Å²) in [5.41, 5.74) is 6.55. The molecular formula is C24H23ClN2O4. The lowest BCUT2D eigenvalue weighted by atomic mass is 10.1. The Morgan fingerprint density at radius 1 is 0.774 bits per heavy atom. The van der Waals surface area contributed by atoms with E-state index in [1.165, 1.54) is 0 Å². The van der Waals surface area contributed by atoms with E-state index in [1.54, 1.807) is 72.8 Å². The van der Waals surface area contributed by atoms with Crippen molar-refractivity contribution in [2.75, 3.05) is 0 Å². The second-order valence-electron chi connectivity index (χ2n) is 7.04. The molecule has 3 aromatic carbocycles. The van der Waals surface area contributed by atoms with Crippen LogP contribution < -0.4 is 20.3 Å². The maximum atomic E-state index is 12.3. The summed E-state index contributed by atoms with van der Waals surface area (Å²) in [6, 6.07) is 20.7. The highest BCUT2D eigenvalue weighted by Crippen LogP contribution is 2.17. The monoisotopic (exact) mass is 438 g/mol. The fourth-order valence-corrected chi connectivity index (χ4v) is 2.79. The molecule has 0 radical (unpaired) electrons. The Hall–Kier alpha value is -3.51. The summed E-state index contributed by atoms with van der Waals surface area (Å²) in [7, 11) is 0. The number of ether oxygens (including phenoxy) is 2. The van der Waals surface area contributed by atoms with Crippen LogP contribution in [-0.4, -0.2) is 17.9 Å². The number of nitrogens with one attached hydrogen (secondary N) is 2. The van der Waals surface area contributed by atoms with E-state index in [4.69, 9.17) is 21.1 Å². The van der Waals surface area contributed by atoms with Crippen molar-refractivity contribution in [2.45, 2.75) is 26.6 Å². The number of hydrazine groups is 1. The quantitative estimate of drug-likeness (QED) is 0.520. The lowest BCUT2D eigenvalue weighted by Gasteiger charge is -2.11. The Morgan fingerprint density at radius 2 is 1.26 bits per heavy atom. The number of hydrogen-bond acceptors (Lipinski definition) is 4. The van der Waals surface area contributed by atoms with Crippen LogP contribution in [0.15, 0.2) is 72.8 Å². The van der Waals surface area contributed by atoms with Gasteiger partial charge < -0.3 is 9.47 Å². The number of carbonyl (C=O) groups excluding carboxylic acids is 2. The molecule has 0 saturated carbocycles. The van der Waals surface area contributed by atoms with E-state index < -0.39 is 11.8 Å². The van der Waals surface area contributed by atoms with Gasteiger partial charge in [-0.1, -0.05) is 23.7 Å². The molecule has 0 spiro atoms. The van der Waals surface area contributed by atoms with E-state index in [-0.39, 0.29) is 6.10 Å². The first-order chi connectivity index (χ1) is 14.9. The maximum Gasteiger partial charge on any atom is 0.269 e. The summed E-state index contributed by atoms with van der Waals surface area (Å²) in [5.74, 6) is 0.546. The normalized spacial score (nSPS) is 10.5.